The number of piperazine rings is 1. The highest BCUT2D eigenvalue weighted by Crippen LogP contribution is 2.21. The lowest BCUT2D eigenvalue weighted by atomic mass is 10.1. The number of nitro benzene ring substituents is 1. The van der Waals surface area contributed by atoms with Crippen molar-refractivity contribution in [2.24, 2.45) is 0 Å². The van der Waals surface area contributed by atoms with E-state index in [0.29, 0.717) is 18.7 Å². The molecule has 0 N–H and O–H groups in total. The van der Waals surface area contributed by atoms with E-state index in [4.69, 9.17) is 0 Å². The Morgan fingerprint density at radius 1 is 0.963 bits per heavy atom. The van der Waals surface area contributed by atoms with Crippen LogP contribution in [0.4, 0.5) is 5.69 Å². The number of hydrogen-bond donors (Lipinski definition) is 0. The zero-order valence-corrected chi connectivity index (χ0v) is 15.6. The highest BCUT2D eigenvalue weighted by molar-refractivity contribution is 7.89. The van der Waals surface area contributed by atoms with Crippen molar-refractivity contribution < 1.29 is 18.1 Å². The van der Waals surface area contributed by atoms with Crippen LogP contribution < -0.4 is 0 Å². The molecule has 142 valence electrons. The molecule has 1 aliphatic heterocycles. The van der Waals surface area contributed by atoms with E-state index in [1.54, 1.807) is 17.0 Å². The maximum Gasteiger partial charge on any atom is 0.269 e. The number of rotatable bonds is 4. The van der Waals surface area contributed by atoms with Crippen LogP contribution in [0.15, 0.2) is 53.4 Å². The molecule has 0 unspecified atom stereocenters. The lowest BCUT2D eigenvalue weighted by Crippen LogP contribution is -2.50. The first kappa shape index (κ1) is 19.0. The highest BCUT2D eigenvalue weighted by atomic mass is 32.2. The number of nitrogens with zero attached hydrogens (tertiary/aromatic N) is 3. The van der Waals surface area contributed by atoms with Crippen LogP contribution in [-0.2, 0) is 10.0 Å². The first-order chi connectivity index (χ1) is 12.8. The van der Waals surface area contributed by atoms with Crippen molar-refractivity contribution in [1.82, 2.24) is 9.21 Å². The second-order valence-electron chi connectivity index (χ2n) is 6.31. The topological polar surface area (TPSA) is 101 Å². The number of non-ortho nitro benzene ring substituents is 1. The second kappa shape index (κ2) is 7.45. The Morgan fingerprint density at radius 2 is 1.52 bits per heavy atom. The zero-order chi connectivity index (χ0) is 19.6. The molecule has 8 nitrogen and oxygen atoms in total. The Morgan fingerprint density at radius 3 is 2.04 bits per heavy atom. The van der Waals surface area contributed by atoms with E-state index in [2.05, 4.69) is 0 Å². The summed E-state index contributed by atoms with van der Waals surface area (Å²) in [4.78, 5) is 24.3. The molecule has 9 heteroatoms. The van der Waals surface area contributed by atoms with Gasteiger partial charge in [-0.2, -0.15) is 4.31 Å². The van der Waals surface area contributed by atoms with Crippen LogP contribution in [0.5, 0.6) is 0 Å². The van der Waals surface area contributed by atoms with Gasteiger partial charge in [-0.3, -0.25) is 14.9 Å². The summed E-state index contributed by atoms with van der Waals surface area (Å²) < 4.78 is 26.7. The monoisotopic (exact) mass is 389 g/mol. The quantitative estimate of drug-likeness (QED) is 0.588. The fraction of sp³-hybridized carbons (Fsp3) is 0.278. The Labute approximate surface area is 157 Å². The van der Waals surface area contributed by atoms with Crippen molar-refractivity contribution in [3.63, 3.8) is 0 Å². The van der Waals surface area contributed by atoms with Gasteiger partial charge < -0.3 is 4.90 Å². The molecule has 0 aliphatic carbocycles. The molecule has 27 heavy (non-hydrogen) atoms. The molecule has 0 radical (unpaired) electrons. The van der Waals surface area contributed by atoms with Crippen LogP contribution in [0.2, 0.25) is 0 Å². The summed E-state index contributed by atoms with van der Waals surface area (Å²) in [5.74, 6) is -0.123. The molecule has 0 bridgehead atoms. The number of hydrogen-bond acceptors (Lipinski definition) is 5. The molecule has 1 fully saturated rings. The van der Waals surface area contributed by atoms with E-state index in [-0.39, 0.29) is 29.6 Å². The minimum atomic E-state index is -3.75. The Balaban J connectivity index is 1.68. The van der Waals surface area contributed by atoms with Gasteiger partial charge in [-0.05, 0) is 31.2 Å². The molecule has 0 saturated carbocycles. The van der Waals surface area contributed by atoms with Crippen molar-refractivity contribution in [1.29, 1.82) is 0 Å². The van der Waals surface area contributed by atoms with Crippen LogP contribution in [0.3, 0.4) is 0 Å². The van der Waals surface area contributed by atoms with Crippen molar-refractivity contribution in [3.05, 3.63) is 69.8 Å². The molecule has 2 aromatic carbocycles. The molecule has 2 aromatic rings. The third-order valence-electron chi connectivity index (χ3n) is 4.51. The summed E-state index contributed by atoms with van der Waals surface area (Å²) in [6.45, 7) is 2.88. The third kappa shape index (κ3) is 3.99. The number of carbonyl (C=O) groups is 1. The van der Waals surface area contributed by atoms with Gasteiger partial charge in [0.1, 0.15) is 0 Å². The lowest BCUT2D eigenvalue weighted by Gasteiger charge is -2.34. The minimum Gasteiger partial charge on any atom is -0.336 e. The Bertz CT molecular complexity index is 947. The number of amides is 1. The summed E-state index contributed by atoms with van der Waals surface area (Å²) in [5, 5.41) is 10.7. The van der Waals surface area contributed by atoms with Crippen LogP contribution >= 0.6 is 0 Å². The van der Waals surface area contributed by atoms with Crippen LogP contribution in [0.1, 0.15) is 15.9 Å². The normalized spacial score (nSPS) is 15.5. The van der Waals surface area contributed by atoms with Gasteiger partial charge >= 0.3 is 0 Å². The van der Waals surface area contributed by atoms with E-state index in [0.717, 1.165) is 5.56 Å². The molecule has 1 saturated heterocycles. The minimum absolute atomic E-state index is 0.00594. The van der Waals surface area contributed by atoms with Gasteiger partial charge in [-0.1, -0.05) is 17.7 Å². The molecule has 0 aromatic heterocycles. The summed E-state index contributed by atoms with van der Waals surface area (Å²) in [5.41, 5.74) is 1.47. The van der Waals surface area contributed by atoms with Crippen molar-refractivity contribution in [3.8, 4) is 0 Å². The van der Waals surface area contributed by atoms with Gasteiger partial charge in [-0.25, -0.2) is 8.42 Å². The molecule has 1 heterocycles. The Hall–Kier alpha value is -2.78. The smallest absolute Gasteiger partial charge is 0.269 e. The molecule has 1 aliphatic rings. The second-order valence-corrected chi connectivity index (χ2v) is 8.25. The summed E-state index contributed by atoms with van der Waals surface area (Å²) in [6.07, 6.45) is 0. The molecular weight excluding hydrogens is 370 g/mol. The van der Waals surface area contributed by atoms with E-state index < -0.39 is 14.9 Å². The SMILES string of the molecule is Cc1ccc(C(=O)N2CCN(S(=O)(=O)c3ccc([N+](=O)[O-])cc3)CC2)cc1. The predicted octanol–water partition coefficient (Wildman–Crippen LogP) is 2.05. The van der Waals surface area contributed by atoms with Crippen molar-refractivity contribution in [2.75, 3.05) is 26.2 Å². The number of nitro groups is 1. The molecule has 3 rings (SSSR count). The summed E-state index contributed by atoms with van der Waals surface area (Å²) in [7, 11) is -3.75. The van der Waals surface area contributed by atoms with E-state index in [9.17, 15) is 23.3 Å². The van der Waals surface area contributed by atoms with E-state index >= 15 is 0 Å². The predicted molar refractivity (Wildman–Crippen MR) is 98.9 cm³/mol. The number of sulfonamides is 1. The largest absolute Gasteiger partial charge is 0.336 e. The average molecular weight is 389 g/mol. The van der Waals surface area contributed by atoms with Gasteiger partial charge in [-0.15, -0.1) is 0 Å². The van der Waals surface area contributed by atoms with E-state index in [1.165, 1.54) is 28.6 Å². The van der Waals surface area contributed by atoms with Gasteiger partial charge in [0.05, 0.1) is 9.82 Å². The lowest BCUT2D eigenvalue weighted by molar-refractivity contribution is -0.384. The van der Waals surface area contributed by atoms with E-state index in [1.807, 2.05) is 19.1 Å². The fourth-order valence-electron chi connectivity index (χ4n) is 2.90. The highest BCUT2D eigenvalue weighted by Gasteiger charge is 2.30. The zero-order valence-electron chi connectivity index (χ0n) is 14.7. The first-order valence-corrected chi connectivity index (χ1v) is 9.83. The van der Waals surface area contributed by atoms with Gasteiger partial charge in [0.15, 0.2) is 0 Å². The maximum atomic E-state index is 12.7. The third-order valence-corrected chi connectivity index (χ3v) is 6.42. The summed E-state index contributed by atoms with van der Waals surface area (Å²) >= 11 is 0. The number of carbonyl (C=O) groups excluding carboxylic acids is 1. The summed E-state index contributed by atoms with van der Waals surface area (Å²) in [6, 6.07) is 12.1. The van der Waals surface area contributed by atoms with Crippen LogP contribution in [0.25, 0.3) is 0 Å². The number of aryl methyl sites for hydroxylation is 1. The number of benzene rings is 2. The Kier molecular flexibility index (Phi) is 5.24. The molecule has 0 atom stereocenters. The molecule has 0 spiro atoms. The first-order valence-electron chi connectivity index (χ1n) is 8.39. The van der Waals surface area contributed by atoms with Gasteiger partial charge in [0.25, 0.3) is 11.6 Å². The van der Waals surface area contributed by atoms with Crippen molar-refractivity contribution in [2.45, 2.75) is 11.8 Å². The standard InChI is InChI=1S/C18H19N3O5S/c1-14-2-4-15(5-3-14)18(22)19-10-12-20(13-11-19)27(25,26)17-8-6-16(7-9-17)21(23)24/h2-9H,10-13H2,1H3. The average Bonchev–Trinajstić information content (AvgIpc) is 2.68. The van der Waals surface area contributed by atoms with Crippen molar-refractivity contribution >= 4 is 21.6 Å². The van der Waals surface area contributed by atoms with Gasteiger partial charge in [0, 0.05) is 43.9 Å². The molecular formula is C18H19N3O5S. The molecule has 1 amide bonds. The maximum absolute atomic E-state index is 12.7. The van der Waals surface area contributed by atoms with Crippen LogP contribution in [0, 0.1) is 17.0 Å². The van der Waals surface area contributed by atoms with Gasteiger partial charge in [0.2, 0.25) is 10.0 Å². The fourth-order valence-corrected chi connectivity index (χ4v) is 4.32. The van der Waals surface area contributed by atoms with Crippen LogP contribution in [-0.4, -0.2) is 54.6 Å².